The van der Waals surface area contributed by atoms with Crippen LogP contribution in [0.2, 0.25) is 10.0 Å². The van der Waals surface area contributed by atoms with Crippen molar-refractivity contribution in [2.75, 3.05) is 7.11 Å². The zero-order valence-corrected chi connectivity index (χ0v) is 24.0. The van der Waals surface area contributed by atoms with Crippen LogP contribution in [-0.4, -0.2) is 19.2 Å². The van der Waals surface area contributed by atoms with Gasteiger partial charge >= 0.3 is 0 Å². The summed E-state index contributed by atoms with van der Waals surface area (Å²) >= 11 is 14.4. The Hall–Kier alpha value is -3.27. The number of hydrazone groups is 1. The normalized spacial score (nSPS) is 10.8. The number of nitrogens with zero attached hydrogens (tertiary/aromatic N) is 1. The zero-order valence-electron chi connectivity index (χ0n) is 20.3. The third-order valence-electron chi connectivity index (χ3n) is 5.39. The van der Waals surface area contributed by atoms with E-state index in [1.165, 1.54) is 0 Å². The molecule has 0 bridgehead atoms. The van der Waals surface area contributed by atoms with E-state index in [1.807, 2.05) is 36.4 Å². The molecule has 0 aromatic heterocycles. The minimum Gasteiger partial charge on any atom is -0.493 e. The average molecular weight is 661 g/mol. The monoisotopic (exact) mass is 660 g/mol. The van der Waals surface area contributed by atoms with Crippen LogP contribution in [-0.2, 0) is 13.2 Å². The maximum atomic E-state index is 12.8. The van der Waals surface area contributed by atoms with E-state index in [1.54, 1.807) is 61.9 Å². The van der Waals surface area contributed by atoms with Gasteiger partial charge in [0.1, 0.15) is 19.0 Å². The van der Waals surface area contributed by atoms with Crippen LogP contribution < -0.4 is 19.6 Å². The van der Waals surface area contributed by atoms with Crippen molar-refractivity contribution in [1.82, 2.24) is 5.43 Å². The zero-order chi connectivity index (χ0) is 26.9. The number of nitrogens with one attached hydrogen (secondary N) is 1. The lowest BCUT2D eigenvalue weighted by Crippen LogP contribution is -2.18. The highest BCUT2D eigenvalue weighted by atomic mass is 127. The third kappa shape index (κ3) is 7.40. The molecule has 38 heavy (non-hydrogen) atoms. The summed E-state index contributed by atoms with van der Waals surface area (Å²) in [5, 5.41) is 5.16. The number of hydrogen-bond acceptors (Lipinski definition) is 5. The molecule has 0 unspecified atom stereocenters. The molecule has 1 amide bonds. The maximum Gasteiger partial charge on any atom is 0.275 e. The minimum absolute atomic E-state index is 0.181. The molecule has 0 aliphatic rings. The van der Waals surface area contributed by atoms with Gasteiger partial charge in [-0.2, -0.15) is 5.10 Å². The van der Waals surface area contributed by atoms with Crippen molar-refractivity contribution in [3.8, 4) is 17.2 Å². The number of amides is 1. The van der Waals surface area contributed by atoms with Gasteiger partial charge in [-0.05, 0) is 70.1 Å². The lowest BCUT2D eigenvalue weighted by Gasteiger charge is -2.13. The molecule has 0 spiro atoms. The average Bonchev–Trinajstić information content (AvgIpc) is 2.92. The molecule has 0 saturated carbocycles. The van der Waals surface area contributed by atoms with Crippen LogP contribution in [0.15, 0.2) is 90.0 Å². The first-order valence-electron chi connectivity index (χ1n) is 11.5. The van der Waals surface area contributed by atoms with Crippen molar-refractivity contribution >= 4 is 57.9 Å². The lowest BCUT2D eigenvalue weighted by molar-refractivity contribution is 0.0950. The largest absolute Gasteiger partial charge is 0.493 e. The molecule has 0 aliphatic carbocycles. The predicted octanol–water partition coefficient (Wildman–Crippen LogP) is 7.53. The summed E-state index contributed by atoms with van der Waals surface area (Å²) in [6.45, 7) is 0.600. The first-order chi connectivity index (χ1) is 18.4. The molecule has 0 aliphatic heterocycles. The molecule has 0 radical (unpaired) electrons. The quantitative estimate of drug-likeness (QED) is 0.109. The minimum atomic E-state index is -0.413. The second-order valence-corrected chi connectivity index (χ2v) is 10.0. The van der Waals surface area contributed by atoms with E-state index in [-0.39, 0.29) is 6.61 Å². The summed E-state index contributed by atoms with van der Waals surface area (Å²) in [6.07, 6.45) is 1.54. The van der Waals surface area contributed by atoms with Gasteiger partial charge in [0.25, 0.3) is 5.91 Å². The highest BCUT2D eigenvalue weighted by molar-refractivity contribution is 14.1. The molecule has 0 saturated heterocycles. The molecule has 6 nitrogen and oxygen atoms in total. The first-order valence-corrected chi connectivity index (χ1v) is 13.3. The van der Waals surface area contributed by atoms with Gasteiger partial charge in [-0.3, -0.25) is 4.79 Å². The maximum absolute atomic E-state index is 12.8. The Kier molecular flexibility index (Phi) is 9.86. The molecule has 4 aromatic rings. The van der Waals surface area contributed by atoms with Crippen LogP contribution in [0.4, 0.5) is 0 Å². The number of methoxy groups -OCH3 is 1. The highest BCUT2D eigenvalue weighted by Gasteiger charge is 2.14. The molecule has 4 aromatic carbocycles. The standard InChI is InChI=1S/C29H23Cl2IN2O4/c1-36-27-14-20(13-25(32)28(27)38-17-19-7-3-2-4-8-19)16-33-34-29(35)23-9-5-6-10-26(23)37-18-21-11-12-22(30)15-24(21)31/h2-16H,17-18H2,1H3,(H,34,35)/b33-16+. The van der Waals surface area contributed by atoms with Crippen LogP contribution in [0.5, 0.6) is 17.2 Å². The van der Waals surface area contributed by atoms with Crippen LogP contribution in [0.25, 0.3) is 0 Å². The van der Waals surface area contributed by atoms with Gasteiger partial charge in [-0.1, -0.05) is 71.7 Å². The topological polar surface area (TPSA) is 69.2 Å². The van der Waals surface area contributed by atoms with E-state index in [0.29, 0.717) is 39.5 Å². The van der Waals surface area contributed by atoms with Crippen molar-refractivity contribution < 1.29 is 19.0 Å². The summed E-state index contributed by atoms with van der Waals surface area (Å²) in [6, 6.07) is 25.7. The van der Waals surface area contributed by atoms with E-state index in [0.717, 1.165) is 20.3 Å². The number of para-hydroxylation sites is 1. The summed E-state index contributed by atoms with van der Waals surface area (Å²) in [7, 11) is 1.58. The van der Waals surface area contributed by atoms with Crippen molar-refractivity contribution in [3.63, 3.8) is 0 Å². The molecular weight excluding hydrogens is 638 g/mol. The second-order valence-electron chi connectivity index (χ2n) is 8.03. The smallest absolute Gasteiger partial charge is 0.275 e. The van der Waals surface area contributed by atoms with Gasteiger partial charge in [0, 0.05) is 15.6 Å². The van der Waals surface area contributed by atoms with Gasteiger partial charge in [-0.15, -0.1) is 0 Å². The number of carbonyl (C=O) groups is 1. The van der Waals surface area contributed by atoms with Crippen molar-refractivity contribution in [2.45, 2.75) is 13.2 Å². The van der Waals surface area contributed by atoms with E-state index in [9.17, 15) is 4.79 Å². The Morgan fingerprint density at radius 3 is 2.45 bits per heavy atom. The molecule has 0 atom stereocenters. The molecule has 0 heterocycles. The number of benzene rings is 4. The molecule has 1 N–H and O–H groups in total. The Labute approximate surface area is 244 Å². The lowest BCUT2D eigenvalue weighted by atomic mass is 10.2. The molecule has 4 rings (SSSR count). The summed E-state index contributed by atoms with van der Waals surface area (Å²) in [5.41, 5.74) is 5.44. The van der Waals surface area contributed by atoms with Gasteiger partial charge in [0.2, 0.25) is 0 Å². The van der Waals surface area contributed by atoms with Gasteiger partial charge in [0.15, 0.2) is 11.5 Å². The van der Waals surface area contributed by atoms with Gasteiger partial charge in [0.05, 0.1) is 22.5 Å². The number of carbonyl (C=O) groups excluding carboxylic acids is 1. The fourth-order valence-corrected chi connectivity index (χ4v) is 4.73. The Morgan fingerprint density at radius 1 is 0.921 bits per heavy atom. The van der Waals surface area contributed by atoms with Gasteiger partial charge in [-0.25, -0.2) is 5.43 Å². The van der Waals surface area contributed by atoms with Crippen LogP contribution >= 0.6 is 45.8 Å². The fraction of sp³-hybridized carbons (Fsp3) is 0.103. The fourth-order valence-electron chi connectivity index (χ4n) is 3.48. The molecule has 0 fully saturated rings. The SMILES string of the molecule is COc1cc(/C=N/NC(=O)c2ccccc2OCc2ccc(Cl)cc2Cl)cc(I)c1OCc1ccccc1. The van der Waals surface area contributed by atoms with Crippen LogP contribution in [0.1, 0.15) is 27.0 Å². The molecular formula is C29H23Cl2IN2O4. The predicted molar refractivity (Wildman–Crippen MR) is 159 cm³/mol. The van der Waals surface area contributed by atoms with Crippen LogP contribution in [0.3, 0.4) is 0 Å². The van der Waals surface area contributed by atoms with E-state index < -0.39 is 5.91 Å². The summed E-state index contributed by atoms with van der Waals surface area (Å²) in [4.78, 5) is 12.8. The van der Waals surface area contributed by atoms with Gasteiger partial charge < -0.3 is 14.2 Å². The van der Waals surface area contributed by atoms with Crippen molar-refractivity contribution in [3.05, 3.63) is 121 Å². The molecule has 194 valence electrons. The third-order valence-corrected chi connectivity index (χ3v) is 6.78. The highest BCUT2D eigenvalue weighted by Crippen LogP contribution is 2.34. The summed E-state index contributed by atoms with van der Waals surface area (Å²) in [5.74, 6) is 1.20. The number of rotatable bonds is 10. The van der Waals surface area contributed by atoms with Crippen molar-refractivity contribution in [2.24, 2.45) is 5.10 Å². The molecule has 9 heteroatoms. The second kappa shape index (κ2) is 13.5. The number of hydrogen-bond donors (Lipinski definition) is 1. The van der Waals surface area contributed by atoms with E-state index in [4.69, 9.17) is 37.4 Å². The van der Waals surface area contributed by atoms with Crippen LogP contribution in [0, 0.1) is 3.57 Å². The Bertz CT molecular complexity index is 1450. The van der Waals surface area contributed by atoms with E-state index >= 15 is 0 Å². The first kappa shape index (κ1) is 27.8. The summed E-state index contributed by atoms with van der Waals surface area (Å²) < 4.78 is 18.3. The van der Waals surface area contributed by atoms with Crippen molar-refractivity contribution in [1.29, 1.82) is 0 Å². The Morgan fingerprint density at radius 2 is 1.68 bits per heavy atom. The number of halogens is 3. The van der Waals surface area contributed by atoms with E-state index in [2.05, 4.69) is 33.1 Å². The Balaban J connectivity index is 1.41. The number of ether oxygens (including phenoxy) is 3.